The number of aromatic amines is 2. The lowest BCUT2D eigenvalue weighted by Gasteiger charge is -2.26. The van der Waals surface area contributed by atoms with Crippen molar-refractivity contribution in [1.82, 2.24) is 9.97 Å². The Hall–Kier alpha value is -2.69. The first-order chi connectivity index (χ1) is 10.9. The number of H-pyrrole nitrogens is 2. The van der Waals surface area contributed by atoms with Crippen molar-refractivity contribution in [3.05, 3.63) is 71.6 Å². The summed E-state index contributed by atoms with van der Waals surface area (Å²) in [5, 5.41) is 12.7. The highest BCUT2D eigenvalue weighted by atomic mass is 35.5. The number of rotatable bonds is 1. The summed E-state index contributed by atoms with van der Waals surface area (Å²) in [6.45, 7) is 0. The Morgan fingerprint density at radius 2 is 1.91 bits per heavy atom. The summed E-state index contributed by atoms with van der Waals surface area (Å²) >= 11 is 11.9. The number of aromatic nitrogens is 2. The first-order valence-corrected chi connectivity index (χ1v) is 7.16. The molecule has 2 heterocycles. The fraction of sp³-hybridized carbons (Fsp3) is 0.0714. The third kappa shape index (κ3) is 2.48. The molecular weight excluding hydrogens is 341 g/mol. The van der Waals surface area contributed by atoms with Crippen LogP contribution in [-0.4, -0.2) is 9.97 Å². The molecule has 0 amide bonds. The number of benzene rings is 1. The number of fused-ring (bicyclic) bond motifs is 1. The highest BCUT2D eigenvalue weighted by Crippen LogP contribution is 2.38. The second-order valence-corrected chi connectivity index (χ2v) is 5.68. The number of nitrogens with zero attached hydrogens (tertiary/aromatic N) is 1. The lowest BCUT2D eigenvalue weighted by molar-refractivity contribution is 0.865. The zero-order valence-corrected chi connectivity index (χ0v) is 12.9. The molecule has 1 aliphatic heterocycles. The number of nitrogens with two attached hydrogens (primary N) is 1. The molecule has 0 fully saturated rings. The molecule has 0 saturated carbocycles. The molecule has 1 aliphatic rings. The van der Waals surface area contributed by atoms with Crippen LogP contribution in [0.3, 0.4) is 0 Å². The number of nitriles is 1. The van der Waals surface area contributed by atoms with Crippen molar-refractivity contribution in [2.45, 2.75) is 5.92 Å². The van der Waals surface area contributed by atoms with Gasteiger partial charge >= 0.3 is 5.69 Å². The van der Waals surface area contributed by atoms with Crippen LogP contribution < -0.4 is 22.3 Å². The molecule has 2 aromatic rings. The zero-order chi connectivity index (χ0) is 16.7. The van der Waals surface area contributed by atoms with Crippen LogP contribution in [-0.2, 0) is 0 Å². The van der Waals surface area contributed by atoms with E-state index in [9.17, 15) is 14.9 Å². The number of hydrogen-bond donors (Lipinski definition) is 4. The molecule has 7 nitrogen and oxygen atoms in total. The van der Waals surface area contributed by atoms with E-state index < -0.39 is 17.2 Å². The van der Waals surface area contributed by atoms with Crippen LogP contribution in [0, 0.1) is 11.3 Å². The van der Waals surface area contributed by atoms with Crippen LogP contribution >= 0.6 is 23.2 Å². The molecule has 0 spiro atoms. The van der Waals surface area contributed by atoms with Gasteiger partial charge in [-0.3, -0.25) is 14.8 Å². The van der Waals surface area contributed by atoms with E-state index in [1.165, 1.54) is 0 Å². The third-order valence-electron chi connectivity index (χ3n) is 3.50. The van der Waals surface area contributed by atoms with Gasteiger partial charge in [-0.25, -0.2) is 4.79 Å². The van der Waals surface area contributed by atoms with Gasteiger partial charge in [-0.1, -0.05) is 29.3 Å². The van der Waals surface area contributed by atoms with E-state index in [4.69, 9.17) is 28.9 Å². The quantitative estimate of drug-likeness (QED) is 0.621. The van der Waals surface area contributed by atoms with Crippen molar-refractivity contribution in [3.63, 3.8) is 0 Å². The van der Waals surface area contributed by atoms with E-state index in [1.54, 1.807) is 18.2 Å². The largest absolute Gasteiger partial charge is 0.384 e. The summed E-state index contributed by atoms with van der Waals surface area (Å²) in [4.78, 5) is 28.3. The molecule has 1 atom stereocenters. The van der Waals surface area contributed by atoms with Gasteiger partial charge in [0.2, 0.25) is 0 Å². The van der Waals surface area contributed by atoms with E-state index in [0.29, 0.717) is 10.6 Å². The SMILES string of the molecule is N#CC1=C(N)Nc2[nH]c(=O)[nH]c(=O)c2[C@@H]1c1ccc(Cl)c(Cl)c1. The van der Waals surface area contributed by atoms with Crippen LogP contribution in [0.15, 0.2) is 39.2 Å². The molecule has 9 heteroatoms. The summed E-state index contributed by atoms with van der Waals surface area (Å²) in [5.41, 5.74) is 5.43. The van der Waals surface area contributed by atoms with Crippen molar-refractivity contribution in [2.75, 3.05) is 5.32 Å². The summed E-state index contributed by atoms with van der Waals surface area (Å²) in [6, 6.07) is 6.75. The molecule has 0 radical (unpaired) electrons. The second kappa shape index (κ2) is 5.50. The highest BCUT2D eigenvalue weighted by molar-refractivity contribution is 6.42. The van der Waals surface area contributed by atoms with Crippen LogP contribution in [0.5, 0.6) is 0 Å². The summed E-state index contributed by atoms with van der Waals surface area (Å²) in [7, 11) is 0. The fourth-order valence-electron chi connectivity index (χ4n) is 2.52. The van der Waals surface area contributed by atoms with E-state index in [1.807, 2.05) is 6.07 Å². The predicted molar refractivity (Wildman–Crippen MR) is 86.4 cm³/mol. The van der Waals surface area contributed by atoms with Crippen molar-refractivity contribution in [3.8, 4) is 6.07 Å². The standard InChI is InChI=1S/C14H9Cl2N5O2/c15-7-2-1-5(3-8(7)16)9-6(4-17)11(18)19-12-10(9)13(22)21-14(23)20-12/h1-3,9H,18H2,(H3,19,20,21,22,23)/t9-/m1/s1. The Bertz CT molecular complexity index is 999. The molecule has 0 bridgehead atoms. The molecule has 1 aromatic heterocycles. The number of hydrogen-bond acceptors (Lipinski definition) is 5. The second-order valence-electron chi connectivity index (χ2n) is 4.87. The summed E-state index contributed by atoms with van der Waals surface area (Å²) < 4.78 is 0. The highest BCUT2D eigenvalue weighted by Gasteiger charge is 2.32. The maximum atomic E-state index is 12.2. The molecular formula is C14H9Cl2N5O2. The van der Waals surface area contributed by atoms with Crippen molar-refractivity contribution >= 4 is 29.0 Å². The van der Waals surface area contributed by atoms with E-state index in [2.05, 4.69) is 15.3 Å². The predicted octanol–water partition coefficient (Wildman–Crippen LogP) is 1.62. The molecule has 5 N–H and O–H groups in total. The van der Waals surface area contributed by atoms with Gasteiger partial charge in [-0.05, 0) is 17.7 Å². The van der Waals surface area contributed by atoms with Crippen LogP contribution in [0.25, 0.3) is 0 Å². The van der Waals surface area contributed by atoms with Crippen LogP contribution in [0.4, 0.5) is 5.82 Å². The van der Waals surface area contributed by atoms with Gasteiger partial charge in [0.25, 0.3) is 5.56 Å². The average Bonchev–Trinajstić information content (AvgIpc) is 2.48. The summed E-state index contributed by atoms with van der Waals surface area (Å²) in [6.07, 6.45) is 0. The number of anilines is 1. The van der Waals surface area contributed by atoms with Gasteiger partial charge in [0.15, 0.2) is 0 Å². The summed E-state index contributed by atoms with van der Waals surface area (Å²) in [5.74, 6) is -0.574. The van der Waals surface area contributed by atoms with Gasteiger partial charge < -0.3 is 11.1 Å². The maximum Gasteiger partial charge on any atom is 0.327 e. The Labute approximate surface area is 139 Å². The minimum absolute atomic E-state index is 0.0531. The van der Waals surface area contributed by atoms with Crippen molar-refractivity contribution in [1.29, 1.82) is 5.26 Å². The van der Waals surface area contributed by atoms with Crippen molar-refractivity contribution in [2.24, 2.45) is 5.73 Å². The Balaban J connectivity index is 2.33. The van der Waals surface area contributed by atoms with E-state index in [0.717, 1.165) is 0 Å². The van der Waals surface area contributed by atoms with Gasteiger partial charge in [-0.2, -0.15) is 5.26 Å². The van der Waals surface area contributed by atoms with E-state index >= 15 is 0 Å². The lowest BCUT2D eigenvalue weighted by Crippen LogP contribution is -2.34. The van der Waals surface area contributed by atoms with E-state index in [-0.39, 0.29) is 27.8 Å². The molecule has 0 unspecified atom stereocenters. The Morgan fingerprint density at radius 3 is 2.57 bits per heavy atom. The topological polar surface area (TPSA) is 128 Å². The fourth-order valence-corrected chi connectivity index (χ4v) is 2.83. The molecule has 23 heavy (non-hydrogen) atoms. The molecule has 0 saturated heterocycles. The van der Waals surface area contributed by atoms with Gasteiger partial charge in [0, 0.05) is 0 Å². The number of nitrogens with one attached hydrogen (secondary N) is 3. The minimum atomic E-state index is -0.772. The Kier molecular flexibility index (Phi) is 3.64. The smallest absolute Gasteiger partial charge is 0.327 e. The molecule has 116 valence electrons. The normalized spacial score (nSPS) is 16.5. The van der Waals surface area contributed by atoms with Gasteiger partial charge in [0.05, 0.1) is 33.2 Å². The zero-order valence-electron chi connectivity index (χ0n) is 11.4. The Morgan fingerprint density at radius 1 is 1.17 bits per heavy atom. The monoisotopic (exact) mass is 349 g/mol. The maximum absolute atomic E-state index is 12.2. The number of allylic oxidation sites excluding steroid dienone is 1. The van der Waals surface area contributed by atoms with Crippen molar-refractivity contribution < 1.29 is 0 Å². The molecule has 1 aromatic carbocycles. The molecule has 0 aliphatic carbocycles. The first kappa shape index (κ1) is 15.2. The average molecular weight is 350 g/mol. The number of halogens is 2. The minimum Gasteiger partial charge on any atom is -0.384 e. The first-order valence-electron chi connectivity index (χ1n) is 6.40. The van der Waals surface area contributed by atoms with Gasteiger partial charge in [-0.15, -0.1) is 0 Å². The van der Waals surface area contributed by atoms with Crippen LogP contribution in [0.1, 0.15) is 17.0 Å². The molecule has 3 rings (SSSR count). The van der Waals surface area contributed by atoms with Gasteiger partial charge in [0.1, 0.15) is 11.6 Å². The third-order valence-corrected chi connectivity index (χ3v) is 4.24. The van der Waals surface area contributed by atoms with Crippen LogP contribution in [0.2, 0.25) is 10.0 Å². The lowest BCUT2D eigenvalue weighted by atomic mass is 9.84.